The molecule has 1 aliphatic rings. The normalized spacial score (nSPS) is 16.6. The van der Waals surface area contributed by atoms with Crippen molar-refractivity contribution in [3.8, 4) is 0 Å². The van der Waals surface area contributed by atoms with Crippen LogP contribution in [0.1, 0.15) is 23.6 Å². The molecule has 0 saturated carbocycles. The van der Waals surface area contributed by atoms with Crippen LogP contribution in [0.3, 0.4) is 0 Å². The molecule has 3 rings (SSSR count). The van der Waals surface area contributed by atoms with E-state index in [-0.39, 0.29) is 11.6 Å². The molecule has 0 aromatic heterocycles. The summed E-state index contributed by atoms with van der Waals surface area (Å²) in [6.45, 7) is 2.01. The van der Waals surface area contributed by atoms with E-state index in [4.69, 9.17) is 11.3 Å². The van der Waals surface area contributed by atoms with Gasteiger partial charge in [0.2, 0.25) is 0 Å². The van der Waals surface area contributed by atoms with Gasteiger partial charge in [0.05, 0.1) is 11.6 Å². The second kappa shape index (κ2) is 6.84. The van der Waals surface area contributed by atoms with E-state index in [2.05, 4.69) is 63.5 Å². The predicted octanol–water partition coefficient (Wildman–Crippen LogP) is 3.49. The molecule has 0 bridgehead atoms. The van der Waals surface area contributed by atoms with Gasteiger partial charge in [0, 0.05) is 18.0 Å². The number of rotatable bonds is 6. The summed E-state index contributed by atoms with van der Waals surface area (Å²) < 4.78 is 0. The molecule has 0 amide bonds. The molecule has 2 aromatic rings. The number of azide groups is 1. The molecule has 2 aromatic carbocycles. The fraction of sp³-hybridized carbons (Fsp3) is 0.333. The van der Waals surface area contributed by atoms with Crippen molar-refractivity contribution in [1.29, 1.82) is 0 Å². The fourth-order valence-electron chi connectivity index (χ4n) is 3.41. The third kappa shape index (κ3) is 3.22. The largest absolute Gasteiger partial charge is 0.330 e. The highest BCUT2D eigenvalue weighted by Gasteiger charge is 2.45. The average Bonchev–Trinajstić information content (AvgIpc) is 2.56. The van der Waals surface area contributed by atoms with Gasteiger partial charge in [0.15, 0.2) is 0 Å². The molecule has 0 unspecified atom stereocenters. The fourth-order valence-corrected chi connectivity index (χ4v) is 3.41. The molecule has 5 nitrogen and oxygen atoms in total. The zero-order valence-corrected chi connectivity index (χ0v) is 13.0. The lowest BCUT2D eigenvalue weighted by Gasteiger charge is -2.51. The zero-order chi connectivity index (χ0) is 16.1. The summed E-state index contributed by atoms with van der Waals surface area (Å²) >= 11 is 0. The molecular weight excluding hydrogens is 286 g/mol. The van der Waals surface area contributed by atoms with Crippen LogP contribution in [-0.2, 0) is 0 Å². The number of hydrogen-bond acceptors (Lipinski definition) is 3. The van der Waals surface area contributed by atoms with E-state index in [9.17, 15) is 0 Å². The van der Waals surface area contributed by atoms with E-state index < -0.39 is 0 Å². The monoisotopic (exact) mass is 307 g/mol. The summed E-state index contributed by atoms with van der Waals surface area (Å²) in [6, 6.07) is 21.1. The first-order valence-corrected chi connectivity index (χ1v) is 7.88. The van der Waals surface area contributed by atoms with Gasteiger partial charge in [-0.15, -0.1) is 0 Å². The molecule has 118 valence electrons. The van der Waals surface area contributed by atoms with Crippen LogP contribution >= 0.6 is 0 Å². The van der Waals surface area contributed by atoms with Crippen molar-refractivity contribution in [1.82, 2.24) is 4.90 Å². The standard InChI is InChI=1S/C18H21N5/c19-12-11-18(21-22-20)13-23(14-18)17(15-7-3-1-4-8-15)16-9-5-2-6-10-16/h1-10,17H,11-14,19H2. The molecule has 5 heteroatoms. The molecule has 1 aliphatic heterocycles. The minimum absolute atomic E-state index is 0.178. The van der Waals surface area contributed by atoms with Gasteiger partial charge in [-0.05, 0) is 29.6 Å². The first-order valence-electron chi connectivity index (χ1n) is 7.88. The Morgan fingerprint density at radius 3 is 2.00 bits per heavy atom. The lowest BCUT2D eigenvalue weighted by molar-refractivity contribution is 0.0391. The third-order valence-corrected chi connectivity index (χ3v) is 4.46. The van der Waals surface area contributed by atoms with Gasteiger partial charge >= 0.3 is 0 Å². The van der Waals surface area contributed by atoms with Gasteiger partial charge in [0.1, 0.15) is 0 Å². The highest BCUT2D eigenvalue weighted by molar-refractivity contribution is 5.33. The van der Waals surface area contributed by atoms with Crippen molar-refractivity contribution in [2.75, 3.05) is 19.6 Å². The minimum Gasteiger partial charge on any atom is -0.330 e. The SMILES string of the molecule is [N-]=[N+]=NC1(CCN)CN(C(c2ccccc2)c2ccccc2)C1. The summed E-state index contributed by atoms with van der Waals surface area (Å²) in [6.07, 6.45) is 0.726. The Balaban J connectivity index is 1.88. The number of likely N-dealkylation sites (tertiary alicyclic amines) is 1. The van der Waals surface area contributed by atoms with Crippen molar-refractivity contribution in [3.05, 3.63) is 82.2 Å². The highest BCUT2D eigenvalue weighted by atomic mass is 15.3. The van der Waals surface area contributed by atoms with Gasteiger partial charge in [-0.1, -0.05) is 65.8 Å². The second-order valence-corrected chi connectivity index (χ2v) is 6.08. The van der Waals surface area contributed by atoms with E-state index in [1.165, 1.54) is 11.1 Å². The van der Waals surface area contributed by atoms with E-state index in [1.807, 2.05) is 12.1 Å². The Morgan fingerprint density at radius 1 is 1.04 bits per heavy atom. The van der Waals surface area contributed by atoms with Crippen LogP contribution in [0.5, 0.6) is 0 Å². The smallest absolute Gasteiger partial charge is 0.0754 e. The topological polar surface area (TPSA) is 78.0 Å². The molecular formula is C18H21N5. The van der Waals surface area contributed by atoms with Crippen molar-refractivity contribution >= 4 is 0 Å². The Hall–Kier alpha value is -2.33. The molecule has 2 N–H and O–H groups in total. The lowest BCUT2D eigenvalue weighted by Crippen LogP contribution is -2.61. The number of nitrogens with zero attached hydrogens (tertiary/aromatic N) is 4. The van der Waals surface area contributed by atoms with Crippen molar-refractivity contribution in [2.24, 2.45) is 10.8 Å². The Bertz CT molecular complexity index is 634. The molecule has 1 heterocycles. The van der Waals surface area contributed by atoms with Gasteiger partial charge in [0.25, 0.3) is 0 Å². The minimum atomic E-state index is -0.356. The van der Waals surface area contributed by atoms with E-state index >= 15 is 0 Å². The maximum absolute atomic E-state index is 8.85. The van der Waals surface area contributed by atoms with Crippen LogP contribution in [0.25, 0.3) is 10.4 Å². The molecule has 0 aliphatic carbocycles. The third-order valence-electron chi connectivity index (χ3n) is 4.46. The number of benzene rings is 2. The lowest BCUT2D eigenvalue weighted by atomic mass is 9.83. The summed E-state index contributed by atoms with van der Waals surface area (Å²) in [5.74, 6) is 0. The van der Waals surface area contributed by atoms with Crippen LogP contribution in [0.4, 0.5) is 0 Å². The van der Waals surface area contributed by atoms with Crippen molar-refractivity contribution in [3.63, 3.8) is 0 Å². The molecule has 0 spiro atoms. The van der Waals surface area contributed by atoms with Gasteiger partial charge in [-0.25, -0.2) is 0 Å². The van der Waals surface area contributed by atoms with E-state index in [0.29, 0.717) is 6.54 Å². The number of hydrogen-bond donors (Lipinski definition) is 1. The first-order chi connectivity index (χ1) is 11.3. The Labute approximate surface area is 136 Å². The maximum atomic E-state index is 8.85. The molecule has 1 fully saturated rings. The molecule has 0 atom stereocenters. The molecule has 1 saturated heterocycles. The maximum Gasteiger partial charge on any atom is 0.0754 e. The Morgan fingerprint density at radius 2 is 1.57 bits per heavy atom. The van der Waals surface area contributed by atoms with Crippen LogP contribution in [0.15, 0.2) is 65.8 Å². The van der Waals surface area contributed by atoms with Crippen LogP contribution in [0, 0.1) is 0 Å². The molecule has 23 heavy (non-hydrogen) atoms. The average molecular weight is 307 g/mol. The number of nitrogens with two attached hydrogens (primary N) is 1. The second-order valence-electron chi connectivity index (χ2n) is 6.08. The van der Waals surface area contributed by atoms with Crippen molar-refractivity contribution in [2.45, 2.75) is 18.0 Å². The summed E-state index contributed by atoms with van der Waals surface area (Å²) in [5.41, 5.74) is 16.7. The van der Waals surface area contributed by atoms with Crippen LogP contribution in [-0.4, -0.2) is 30.1 Å². The van der Waals surface area contributed by atoms with Crippen LogP contribution in [0.2, 0.25) is 0 Å². The summed E-state index contributed by atoms with van der Waals surface area (Å²) in [5, 5.41) is 4.03. The van der Waals surface area contributed by atoms with Crippen molar-refractivity contribution < 1.29 is 0 Å². The van der Waals surface area contributed by atoms with E-state index in [1.54, 1.807) is 0 Å². The van der Waals surface area contributed by atoms with E-state index in [0.717, 1.165) is 19.5 Å². The quantitative estimate of drug-likeness (QED) is 0.503. The van der Waals surface area contributed by atoms with Crippen LogP contribution < -0.4 is 5.73 Å². The molecule has 0 radical (unpaired) electrons. The van der Waals surface area contributed by atoms with Gasteiger partial charge in [-0.3, -0.25) is 4.90 Å². The zero-order valence-electron chi connectivity index (χ0n) is 13.0. The summed E-state index contributed by atoms with van der Waals surface area (Å²) in [7, 11) is 0. The van der Waals surface area contributed by atoms with Gasteiger partial charge < -0.3 is 5.73 Å². The summed E-state index contributed by atoms with van der Waals surface area (Å²) in [4.78, 5) is 5.39. The first kappa shape index (κ1) is 15.6. The highest BCUT2D eigenvalue weighted by Crippen LogP contribution is 2.39. The van der Waals surface area contributed by atoms with Gasteiger partial charge in [-0.2, -0.15) is 0 Å². The predicted molar refractivity (Wildman–Crippen MR) is 91.8 cm³/mol. The Kier molecular flexibility index (Phi) is 4.63.